The maximum absolute atomic E-state index is 9.46. The van der Waals surface area contributed by atoms with E-state index in [1.54, 1.807) is 0 Å². The molecule has 0 radical (unpaired) electrons. The molecule has 0 aliphatic rings. The molecule has 0 bridgehead atoms. The van der Waals surface area contributed by atoms with Gasteiger partial charge in [-0.1, -0.05) is 0 Å². The van der Waals surface area contributed by atoms with E-state index in [1.165, 1.54) is 0 Å². The minimum atomic E-state index is -1.99. The average molecular weight is 153 g/mol. The zero-order valence-corrected chi connectivity index (χ0v) is 4.88. The van der Waals surface area contributed by atoms with Crippen LogP contribution in [0.4, 0.5) is 0 Å². The maximum atomic E-state index is 9.46. The van der Waals surface area contributed by atoms with Gasteiger partial charge in [0.15, 0.2) is 0 Å². The highest BCUT2D eigenvalue weighted by Gasteiger charge is 2.18. The van der Waals surface area contributed by atoms with Crippen LogP contribution in [0.2, 0.25) is 0 Å². The normalized spacial score (nSPS) is 15.9. The Kier molecular flexibility index (Phi) is 3.62. The fourth-order valence-electron chi connectivity index (χ4n) is 0.249. The number of hydrogen-bond donors (Lipinski definition) is 3. The molecule has 7 nitrogen and oxygen atoms in total. The summed E-state index contributed by atoms with van der Waals surface area (Å²) in [7, 11) is 0. The van der Waals surface area contributed by atoms with E-state index in [1.807, 2.05) is 0 Å². The van der Waals surface area contributed by atoms with Gasteiger partial charge < -0.3 is 15.3 Å². The molecule has 0 aliphatic heterocycles. The Morgan fingerprint density at radius 1 is 1.60 bits per heavy atom. The Morgan fingerprint density at radius 2 is 2.10 bits per heavy atom. The molecule has 10 heavy (non-hydrogen) atoms. The lowest BCUT2D eigenvalue weighted by Crippen LogP contribution is -2.33. The number of rotatable bonds is 4. The van der Waals surface area contributed by atoms with Crippen molar-refractivity contribution < 1.29 is 25.2 Å². The molecule has 0 spiro atoms. The fraction of sp³-hybridized carbons (Fsp3) is 1.00. The molecular formula is C3H7NO6. The Balaban J connectivity index is 3.61. The van der Waals surface area contributed by atoms with Gasteiger partial charge in [0.2, 0.25) is 6.29 Å². The van der Waals surface area contributed by atoms with Crippen LogP contribution in [0.15, 0.2) is 0 Å². The number of nitrogens with zero attached hydrogens (tertiary/aromatic N) is 1. The molecule has 0 aliphatic carbocycles. The summed E-state index contributed by atoms with van der Waals surface area (Å²) in [6.07, 6.45) is -3.63. The molecular weight excluding hydrogens is 146 g/mol. The SMILES string of the molecule is O=[N+]([O-])OC(O)C(O)CO. The maximum Gasteiger partial charge on any atom is 0.297 e. The van der Waals surface area contributed by atoms with Gasteiger partial charge in [-0.25, -0.2) is 0 Å². The fourth-order valence-corrected chi connectivity index (χ4v) is 0.249. The van der Waals surface area contributed by atoms with Gasteiger partial charge in [-0.3, -0.25) is 4.84 Å². The van der Waals surface area contributed by atoms with E-state index in [2.05, 4.69) is 4.84 Å². The van der Waals surface area contributed by atoms with Crippen molar-refractivity contribution in [3.05, 3.63) is 10.1 Å². The van der Waals surface area contributed by atoms with Crippen LogP contribution < -0.4 is 0 Å². The zero-order valence-electron chi connectivity index (χ0n) is 4.88. The van der Waals surface area contributed by atoms with Crippen LogP contribution in [0, 0.1) is 10.1 Å². The monoisotopic (exact) mass is 153 g/mol. The molecule has 0 aromatic rings. The lowest BCUT2D eigenvalue weighted by atomic mass is 10.4. The minimum Gasteiger partial charge on any atom is -0.394 e. The molecule has 60 valence electrons. The first-order chi connectivity index (χ1) is 4.57. The standard InChI is InChI=1S/C3H7NO6/c5-1-2(6)3(7)10-4(8)9/h2-3,5-7H,1H2. The van der Waals surface area contributed by atoms with Gasteiger partial charge in [0, 0.05) is 0 Å². The van der Waals surface area contributed by atoms with Crippen LogP contribution in [-0.4, -0.2) is 39.4 Å². The topological polar surface area (TPSA) is 113 Å². The summed E-state index contributed by atoms with van der Waals surface area (Å²) in [5.41, 5.74) is 0. The zero-order chi connectivity index (χ0) is 8.15. The Hall–Kier alpha value is -0.920. The summed E-state index contributed by atoms with van der Waals surface area (Å²) < 4.78 is 0. The van der Waals surface area contributed by atoms with E-state index in [-0.39, 0.29) is 0 Å². The Labute approximate surface area is 55.6 Å². The molecule has 2 atom stereocenters. The first-order valence-corrected chi connectivity index (χ1v) is 2.36. The molecule has 7 heteroatoms. The predicted molar refractivity (Wildman–Crippen MR) is 27.2 cm³/mol. The molecule has 0 saturated heterocycles. The van der Waals surface area contributed by atoms with Gasteiger partial charge in [-0.15, -0.1) is 10.1 Å². The highest BCUT2D eigenvalue weighted by molar-refractivity contribution is 4.52. The van der Waals surface area contributed by atoms with E-state index in [0.717, 1.165) is 0 Å². The van der Waals surface area contributed by atoms with E-state index < -0.39 is 24.1 Å². The van der Waals surface area contributed by atoms with Crippen molar-refractivity contribution in [1.29, 1.82) is 0 Å². The van der Waals surface area contributed by atoms with E-state index in [9.17, 15) is 10.1 Å². The van der Waals surface area contributed by atoms with Crippen molar-refractivity contribution >= 4 is 0 Å². The van der Waals surface area contributed by atoms with Crippen LogP contribution in [0.5, 0.6) is 0 Å². The average Bonchev–Trinajstić information content (AvgIpc) is 1.85. The molecule has 0 heterocycles. The Morgan fingerprint density at radius 3 is 2.40 bits per heavy atom. The summed E-state index contributed by atoms with van der Waals surface area (Å²) >= 11 is 0. The quantitative estimate of drug-likeness (QED) is 0.241. The van der Waals surface area contributed by atoms with Crippen LogP contribution in [0.1, 0.15) is 0 Å². The van der Waals surface area contributed by atoms with Gasteiger partial charge in [-0.2, -0.15) is 0 Å². The first-order valence-electron chi connectivity index (χ1n) is 2.36. The third-order valence-corrected chi connectivity index (χ3v) is 0.710. The second-order valence-electron chi connectivity index (χ2n) is 1.47. The largest absolute Gasteiger partial charge is 0.394 e. The van der Waals surface area contributed by atoms with Crippen molar-refractivity contribution in [2.45, 2.75) is 12.4 Å². The summed E-state index contributed by atoms with van der Waals surface area (Å²) in [6.45, 7) is -0.797. The molecule has 0 saturated carbocycles. The van der Waals surface area contributed by atoms with Crippen molar-refractivity contribution in [3.8, 4) is 0 Å². The van der Waals surface area contributed by atoms with Crippen molar-refractivity contribution in [2.75, 3.05) is 6.61 Å². The van der Waals surface area contributed by atoms with Gasteiger partial charge in [-0.05, 0) is 0 Å². The number of aliphatic hydroxyl groups excluding tert-OH is 3. The van der Waals surface area contributed by atoms with Gasteiger partial charge in [0.05, 0.1) is 6.61 Å². The van der Waals surface area contributed by atoms with E-state index in [4.69, 9.17) is 15.3 Å². The second kappa shape index (κ2) is 3.99. The summed E-state index contributed by atoms with van der Waals surface area (Å²) in [4.78, 5) is 12.9. The molecule has 0 rings (SSSR count). The van der Waals surface area contributed by atoms with Gasteiger partial charge in [0.25, 0.3) is 5.09 Å². The van der Waals surface area contributed by atoms with Crippen molar-refractivity contribution in [3.63, 3.8) is 0 Å². The van der Waals surface area contributed by atoms with Crippen molar-refractivity contribution in [2.24, 2.45) is 0 Å². The molecule has 2 unspecified atom stereocenters. The lowest BCUT2D eigenvalue weighted by molar-refractivity contribution is -0.782. The molecule has 0 aromatic heterocycles. The van der Waals surface area contributed by atoms with Crippen LogP contribution in [0.3, 0.4) is 0 Å². The number of hydrogen-bond acceptors (Lipinski definition) is 6. The molecule has 0 amide bonds. The third-order valence-electron chi connectivity index (χ3n) is 0.710. The lowest BCUT2D eigenvalue weighted by Gasteiger charge is -2.11. The van der Waals surface area contributed by atoms with Crippen LogP contribution in [0.25, 0.3) is 0 Å². The minimum absolute atomic E-state index is 0.797. The van der Waals surface area contributed by atoms with Gasteiger partial charge >= 0.3 is 0 Å². The van der Waals surface area contributed by atoms with Crippen molar-refractivity contribution in [1.82, 2.24) is 0 Å². The predicted octanol–water partition coefficient (Wildman–Crippen LogP) is -2.13. The summed E-state index contributed by atoms with van der Waals surface area (Å²) in [6, 6.07) is 0. The number of aliphatic hydroxyl groups is 3. The highest BCUT2D eigenvalue weighted by atomic mass is 17.0. The highest BCUT2D eigenvalue weighted by Crippen LogP contribution is 1.93. The van der Waals surface area contributed by atoms with Crippen LogP contribution >= 0.6 is 0 Å². The summed E-state index contributed by atoms with van der Waals surface area (Å²) in [5, 5.41) is 33.2. The van der Waals surface area contributed by atoms with E-state index >= 15 is 0 Å². The molecule has 3 N–H and O–H groups in total. The smallest absolute Gasteiger partial charge is 0.297 e. The first kappa shape index (κ1) is 9.08. The van der Waals surface area contributed by atoms with E-state index in [0.29, 0.717) is 0 Å². The van der Waals surface area contributed by atoms with Gasteiger partial charge in [0.1, 0.15) is 6.10 Å². The van der Waals surface area contributed by atoms with Crippen LogP contribution in [-0.2, 0) is 4.84 Å². The third kappa shape index (κ3) is 3.17. The second-order valence-corrected chi connectivity index (χ2v) is 1.47. The molecule has 0 aromatic carbocycles. The molecule has 0 fully saturated rings. The Bertz CT molecular complexity index is 116. The summed E-state index contributed by atoms with van der Waals surface area (Å²) in [5.74, 6) is 0.